The molecule has 1 aliphatic rings. The van der Waals surface area contributed by atoms with E-state index in [9.17, 15) is 14.3 Å². The fourth-order valence-corrected chi connectivity index (χ4v) is 2.53. The first kappa shape index (κ1) is 12.2. The van der Waals surface area contributed by atoms with E-state index >= 15 is 0 Å². The van der Waals surface area contributed by atoms with Crippen molar-refractivity contribution in [1.29, 1.82) is 0 Å². The number of H-pyrrole nitrogens is 1. The van der Waals surface area contributed by atoms with E-state index in [2.05, 4.69) is 4.98 Å². The average molecular weight is 262 g/mol. The number of carbonyl (C=O) groups is 1. The Balaban J connectivity index is 1.88. The van der Waals surface area contributed by atoms with E-state index in [1.807, 2.05) is 0 Å². The van der Waals surface area contributed by atoms with E-state index in [1.54, 1.807) is 17.0 Å². The van der Waals surface area contributed by atoms with Gasteiger partial charge >= 0.3 is 0 Å². The minimum Gasteiger partial charge on any atom is -0.391 e. The largest absolute Gasteiger partial charge is 0.391 e. The monoisotopic (exact) mass is 262 g/mol. The van der Waals surface area contributed by atoms with Crippen LogP contribution in [0.1, 0.15) is 23.3 Å². The fourth-order valence-electron chi connectivity index (χ4n) is 2.53. The lowest BCUT2D eigenvalue weighted by Crippen LogP contribution is -2.42. The number of aliphatic hydroxyl groups is 1. The predicted molar refractivity (Wildman–Crippen MR) is 69.4 cm³/mol. The number of benzene rings is 1. The maximum absolute atomic E-state index is 13.1. The first-order valence-electron chi connectivity index (χ1n) is 6.39. The summed E-state index contributed by atoms with van der Waals surface area (Å²) in [6, 6.07) is 6.03. The van der Waals surface area contributed by atoms with Crippen molar-refractivity contribution >= 4 is 16.8 Å². The van der Waals surface area contributed by atoms with Crippen molar-refractivity contribution in [2.45, 2.75) is 18.9 Å². The van der Waals surface area contributed by atoms with Gasteiger partial charge in [0.2, 0.25) is 0 Å². The number of nitrogens with one attached hydrogen (secondary N) is 1. The second-order valence-electron chi connectivity index (χ2n) is 4.96. The summed E-state index contributed by atoms with van der Waals surface area (Å²) in [5.41, 5.74) is 1.18. The van der Waals surface area contributed by atoms with Crippen LogP contribution in [0.15, 0.2) is 24.3 Å². The molecule has 1 saturated heterocycles. The van der Waals surface area contributed by atoms with Crippen molar-refractivity contribution in [3.63, 3.8) is 0 Å². The third-order valence-electron chi connectivity index (χ3n) is 3.50. The van der Waals surface area contributed by atoms with Crippen LogP contribution in [0.3, 0.4) is 0 Å². The summed E-state index contributed by atoms with van der Waals surface area (Å²) in [6.45, 7) is 1.02. The zero-order valence-electron chi connectivity index (χ0n) is 10.4. The number of hydrogen-bond acceptors (Lipinski definition) is 2. The number of aromatic amines is 1. The standard InChI is InChI=1S/C14H15FN2O2/c15-10-3-4-12-9(6-10)7-13(16-12)14(19)17-5-1-2-11(18)8-17/h3-4,6-7,11,16,18H,1-2,5,8H2. The molecule has 1 atom stereocenters. The molecule has 0 aliphatic carbocycles. The highest BCUT2D eigenvalue weighted by Crippen LogP contribution is 2.19. The number of nitrogens with zero attached hydrogens (tertiary/aromatic N) is 1. The van der Waals surface area contributed by atoms with Crippen LogP contribution in [0.25, 0.3) is 10.9 Å². The average Bonchev–Trinajstić information content (AvgIpc) is 2.80. The maximum Gasteiger partial charge on any atom is 0.270 e. The summed E-state index contributed by atoms with van der Waals surface area (Å²) < 4.78 is 13.1. The second kappa shape index (κ2) is 4.66. The van der Waals surface area contributed by atoms with Crippen LogP contribution in [0.5, 0.6) is 0 Å². The highest BCUT2D eigenvalue weighted by Gasteiger charge is 2.24. The minimum atomic E-state index is -0.445. The Bertz CT molecular complexity index is 623. The van der Waals surface area contributed by atoms with Gasteiger partial charge in [-0.3, -0.25) is 4.79 Å². The molecular weight excluding hydrogens is 247 g/mol. The van der Waals surface area contributed by atoms with Crippen molar-refractivity contribution in [3.05, 3.63) is 35.8 Å². The summed E-state index contributed by atoms with van der Waals surface area (Å²) in [4.78, 5) is 16.9. The van der Waals surface area contributed by atoms with E-state index in [0.717, 1.165) is 18.4 Å². The lowest BCUT2D eigenvalue weighted by molar-refractivity contribution is 0.0470. The van der Waals surface area contributed by atoms with Crippen LogP contribution in [0, 0.1) is 5.82 Å². The fraction of sp³-hybridized carbons (Fsp3) is 0.357. The number of amides is 1. The number of rotatable bonds is 1. The summed E-state index contributed by atoms with van der Waals surface area (Å²) in [7, 11) is 0. The summed E-state index contributed by atoms with van der Waals surface area (Å²) in [6.07, 6.45) is 1.10. The zero-order valence-corrected chi connectivity index (χ0v) is 10.4. The number of hydrogen-bond donors (Lipinski definition) is 2. The number of piperidine rings is 1. The molecule has 1 aromatic heterocycles. The molecule has 2 N–H and O–H groups in total. The van der Waals surface area contributed by atoms with Crippen LogP contribution in [0.2, 0.25) is 0 Å². The second-order valence-corrected chi connectivity index (χ2v) is 4.96. The van der Waals surface area contributed by atoms with Crippen LogP contribution < -0.4 is 0 Å². The molecule has 1 fully saturated rings. The van der Waals surface area contributed by atoms with Crippen molar-refractivity contribution in [2.24, 2.45) is 0 Å². The smallest absolute Gasteiger partial charge is 0.270 e. The van der Waals surface area contributed by atoms with Crippen molar-refractivity contribution in [1.82, 2.24) is 9.88 Å². The Morgan fingerprint density at radius 3 is 3.05 bits per heavy atom. The van der Waals surface area contributed by atoms with Gasteiger partial charge in [-0.2, -0.15) is 0 Å². The van der Waals surface area contributed by atoms with Gasteiger partial charge in [0.15, 0.2) is 0 Å². The van der Waals surface area contributed by atoms with E-state index in [1.165, 1.54) is 12.1 Å². The molecule has 1 aliphatic heterocycles. The number of aliphatic hydroxyl groups excluding tert-OH is 1. The molecule has 0 radical (unpaired) electrons. The summed E-state index contributed by atoms with van der Waals surface area (Å²) >= 11 is 0. The van der Waals surface area contributed by atoms with Gasteiger partial charge in [-0.25, -0.2) is 4.39 Å². The summed E-state index contributed by atoms with van der Waals surface area (Å²) in [5.74, 6) is -0.464. The molecule has 2 aromatic rings. The molecule has 3 rings (SSSR count). The molecular formula is C14H15FN2O2. The molecule has 1 amide bonds. The van der Waals surface area contributed by atoms with Gasteiger partial charge in [0.05, 0.1) is 6.10 Å². The first-order valence-corrected chi connectivity index (χ1v) is 6.39. The Morgan fingerprint density at radius 2 is 2.26 bits per heavy atom. The Hall–Kier alpha value is -1.88. The summed E-state index contributed by atoms with van der Waals surface area (Å²) in [5, 5.41) is 10.3. The third kappa shape index (κ3) is 2.33. The van der Waals surface area contributed by atoms with Crippen molar-refractivity contribution < 1.29 is 14.3 Å². The van der Waals surface area contributed by atoms with Crippen molar-refractivity contribution in [3.8, 4) is 0 Å². The normalized spacial score (nSPS) is 19.9. The molecule has 0 spiro atoms. The van der Waals surface area contributed by atoms with Gasteiger partial charge in [0, 0.05) is 24.0 Å². The van der Waals surface area contributed by atoms with Gasteiger partial charge in [-0.15, -0.1) is 0 Å². The molecule has 4 nitrogen and oxygen atoms in total. The van der Waals surface area contributed by atoms with Crippen molar-refractivity contribution in [2.75, 3.05) is 13.1 Å². The predicted octanol–water partition coefficient (Wildman–Crippen LogP) is 1.90. The molecule has 5 heteroatoms. The SMILES string of the molecule is O=C(c1cc2cc(F)ccc2[nH]1)N1CCCC(O)C1. The number of aromatic nitrogens is 1. The Labute approximate surface area is 109 Å². The lowest BCUT2D eigenvalue weighted by atomic mass is 10.1. The van der Waals surface area contributed by atoms with Crippen LogP contribution in [0.4, 0.5) is 4.39 Å². The van der Waals surface area contributed by atoms with E-state index in [-0.39, 0.29) is 11.7 Å². The van der Waals surface area contributed by atoms with E-state index in [0.29, 0.717) is 24.2 Å². The Kier molecular flexibility index (Phi) is 2.98. The van der Waals surface area contributed by atoms with Gasteiger partial charge in [0.1, 0.15) is 11.5 Å². The molecule has 100 valence electrons. The molecule has 0 saturated carbocycles. The highest BCUT2D eigenvalue weighted by molar-refractivity contribution is 5.98. The van der Waals surface area contributed by atoms with E-state index < -0.39 is 6.10 Å². The van der Waals surface area contributed by atoms with Gasteiger partial charge in [-0.1, -0.05) is 0 Å². The van der Waals surface area contributed by atoms with E-state index in [4.69, 9.17) is 0 Å². The zero-order chi connectivity index (χ0) is 13.4. The third-order valence-corrected chi connectivity index (χ3v) is 3.50. The highest BCUT2D eigenvalue weighted by atomic mass is 19.1. The quantitative estimate of drug-likeness (QED) is 0.824. The number of likely N-dealkylation sites (tertiary alicyclic amines) is 1. The van der Waals surface area contributed by atoms with Gasteiger partial charge in [0.25, 0.3) is 5.91 Å². The number of halogens is 1. The van der Waals surface area contributed by atoms with Gasteiger partial charge in [-0.05, 0) is 37.1 Å². The van der Waals surface area contributed by atoms with Crippen LogP contribution in [-0.4, -0.2) is 40.1 Å². The number of fused-ring (bicyclic) bond motifs is 1. The Morgan fingerprint density at radius 1 is 1.42 bits per heavy atom. The lowest BCUT2D eigenvalue weighted by Gasteiger charge is -2.29. The number of carbonyl (C=O) groups excluding carboxylic acids is 1. The van der Waals surface area contributed by atoms with Crippen LogP contribution >= 0.6 is 0 Å². The topological polar surface area (TPSA) is 56.3 Å². The number of β-amino-alcohol motifs (C(OH)–C–C–N with tert-alkyl or cyclic N) is 1. The first-order chi connectivity index (χ1) is 9.13. The molecule has 19 heavy (non-hydrogen) atoms. The van der Waals surface area contributed by atoms with Gasteiger partial charge < -0.3 is 15.0 Å². The molecule has 1 unspecified atom stereocenters. The van der Waals surface area contributed by atoms with Crippen LogP contribution in [-0.2, 0) is 0 Å². The maximum atomic E-state index is 13.1. The molecule has 0 bridgehead atoms. The molecule has 2 heterocycles. The molecule has 1 aromatic carbocycles. The minimum absolute atomic E-state index is 0.143.